The van der Waals surface area contributed by atoms with Gasteiger partial charge in [-0.25, -0.2) is 9.59 Å². The van der Waals surface area contributed by atoms with Gasteiger partial charge in [0.05, 0.1) is 18.4 Å². The number of hydrogen-bond donors (Lipinski definition) is 2. The molecule has 2 amide bonds. The number of methoxy groups -OCH3 is 1. The quantitative estimate of drug-likeness (QED) is 0.806. The third-order valence-electron chi connectivity index (χ3n) is 2.86. The molecule has 21 heavy (non-hydrogen) atoms. The standard InChI is InChI=1S/C14H18N2O5/c1-4-16(8-12(17)21-3)14(20)15-11-6-5-9(2)7-10(11)13(18)19/h5-7H,4,8H2,1-3H3,(H,15,20)(H,18,19). The van der Waals surface area contributed by atoms with Crippen molar-refractivity contribution < 1.29 is 24.2 Å². The molecule has 0 heterocycles. The van der Waals surface area contributed by atoms with E-state index >= 15 is 0 Å². The topological polar surface area (TPSA) is 95.9 Å². The molecule has 0 bridgehead atoms. The molecule has 0 aliphatic heterocycles. The summed E-state index contributed by atoms with van der Waals surface area (Å²) < 4.78 is 4.51. The van der Waals surface area contributed by atoms with Crippen molar-refractivity contribution in [3.8, 4) is 0 Å². The second kappa shape index (κ2) is 7.28. The molecule has 0 aliphatic rings. The van der Waals surface area contributed by atoms with Gasteiger partial charge >= 0.3 is 18.0 Å². The average molecular weight is 294 g/mol. The smallest absolute Gasteiger partial charge is 0.337 e. The van der Waals surface area contributed by atoms with Crippen LogP contribution in [0.15, 0.2) is 18.2 Å². The minimum absolute atomic E-state index is 0.00234. The van der Waals surface area contributed by atoms with Crippen LogP contribution in [0.3, 0.4) is 0 Å². The first-order valence-electron chi connectivity index (χ1n) is 6.35. The van der Waals surface area contributed by atoms with Crippen molar-refractivity contribution in [3.63, 3.8) is 0 Å². The second-order valence-electron chi connectivity index (χ2n) is 4.37. The number of carboxylic acid groups (broad SMARTS) is 1. The van der Waals surface area contributed by atoms with Gasteiger partial charge in [-0.05, 0) is 26.0 Å². The summed E-state index contributed by atoms with van der Waals surface area (Å²) in [5.74, 6) is -1.68. The molecule has 0 aliphatic carbocycles. The summed E-state index contributed by atoms with van der Waals surface area (Å²) in [6.45, 7) is 3.55. The molecule has 0 unspecified atom stereocenters. The number of likely N-dealkylation sites (N-methyl/N-ethyl adjacent to an activating group) is 1. The van der Waals surface area contributed by atoms with Crippen LogP contribution in [0.1, 0.15) is 22.8 Å². The maximum atomic E-state index is 12.1. The van der Waals surface area contributed by atoms with Gasteiger partial charge in [-0.3, -0.25) is 4.79 Å². The van der Waals surface area contributed by atoms with Gasteiger partial charge in [0.25, 0.3) is 0 Å². The van der Waals surface area contributed by atoms with E-state index in [0.717, 1.165) is 5.56 Å². The molecule has 0 saturated heterocycles. The Balaban J connectivity index is 2.91. The van der Waals surface area contributed by atoms with Crippen LogP contribution in [0.2, 0.25) is 0 Å². The van der Waals surface area contributed by atoms with Crippen LogP contribution < -0.4 is 5.32 Å². The molecule has 1 rings (SSSR count). The van der Waals surface area contributed by atoms with E-state index < -0.39 is 18.0 Å². The fraction of sp³-hybridized carbons (Fsp3) is 0.357. The molecule has 0 spiro atoms. The number of carbonyl (C=O) groups excluding carboxylic acids is 2. The number of esters is 1. The van der Waals surface area contributed by atoms with E-state index in [-0.39, 0.29) is 24.3 Å². The number of nitrogens with one attached hydrogen (secondary N) is 1. The number of hydrogen-bond acceptors (Lipinski definition) is 4. The number of amides is 2. The van der Waals surface area contributed by atoms with E-state index in [4.69, 9.17) is 5.11 Å². The van der Waals surface area contributed by atoms with Crippen LogP contribution in [0.25, 0.3) is 0 Å². The Bertz CT molecular complexity index is 556. The summed E-state index contributed by atoms with van der Waals surface area (Å²) in [4.78, 5) is 35.7. The van der Waals surface area contributed by atoms with Crippen LogP contribution in [0, 0.1) is 6.92 Å². The number of aromatic carboxylic acids is 1. The number of aryl methyl sites for hydroxylation is 1. The Morgan fingerprint density at radius 2 is 2.00 bits per heavy atom. The molecule has 1 aromatic carbocycles. The minimum atomic E-state index is -1.13. The molecule has 114 valence electrons. The Hall–Kier alpha value is -2.57. The van der Waals surface area contributed by atoms with Crippen molar-refractivity contribution in [1.29, 1.82) is 0 Å². The van der Waals surface area contributed by atoms with Crippen molar-refractivity contribution in [1.82, 2.24) is 4.90 Å². The Kier molecular flexibility index (Phi) is 5.71. The number of carboxylic acids is 1. The van der Waals surface area contributed by atoms with E-state index in [9.17, 15) is 14.4 Å². The van der Waals surface area contributed by atoms with Gasteiger partial charge in [0.15, 0.2) is 0 Å². The largest absolute Gasteiger partial charge is 0.478 e. The van der Waals surface area contributed by atoms with Gasteiger partial charge in [-0.15, -0.1) is 0 Å². The van der Waals surface area contributed by atoms with Crippen molar-refractivity contribution in [2.75, 3.05) is 25.5 Å². The zero-order valence-corrected chi connectivity index (χ0v) is 12.2. The number of benzene rings is 1. The minimum Gasteiger partial charge on any atom is -0.478 e. The first-order valence-corrected chi connectivity index (χ1v) is 6.35. The normalized spacial score (nSPS) is 9.86. The van der Waals surface area contributed by atoms with Gasteiger partial charge in [0.2, 0.25) is 0 Å². The molecular weight excluding hydrogens is 276 g/mol. The lowest BCUT2D eigenvalue weighted by Gasteiger charge is -2.20. The van der Waals surface area contributed by atoms with Crippen molar-refractivity contribution >= 4 is 23.7 Å². The lowest BCUT2D eigenvalue weighted by Crippen LogP contribution is -2.39. The maximum absolute atomic E-state index is 12.1. The number of nitrogens with zero attached hydrogens (tertiary/aromatic N) is 1. The highest BCUT2D eigenvalue weighted by molar-refractivity contribution is 6.00. The lowest BCUT2D eigenvalue weighted by atomic mass is 10.1. The SMILES string of the molecule is CCN(CC(=O)OC)C(=O)Nc1ccc(C)cc1C(=O)O. The molecule has 2 N–H and O–H groups in total. The molecule has 0 aromatic heterocycles. The van der Waals surface area contributed by atoms with E-state index in [1.807, 2.05) is 0 Å². The highest BCUT2D eigenvalue weighted by atomic mass is 16.5. The fourth-order valence-electron chi connectivity index (χ4n) is 1.69. The molecule has 7 nitrogen and oxygen atoms in total. The summed E-state index contributed by atoms with van der Waals surface area (Å²) in [6, 6.07) is 4.12. The van der Waals surface area contributed by atoms with Crippen molar-refractivity contribution in [2.45, 2.75) is 13.8 Å². The van der Waals surface area contributed by atoms with Crippen molar-refractivity contribution in [3.05, 3.63) is 29.3 Å². The Morgan fingerprint density at radius 1 is 1.33 bits per heavy atom. The third kappa shape index (κ3) is 4.48. The predicted molar refractivity (Wildman–Crippen MR) is 76.4 cm³/mol. The first kappa shape index (κ1) is 16.5. The first-order chi connectivity index (χ1) is 9.88. The number of carbonyl (C=O) groups is 3. The molecule has 1 aromatic rings. The predicted octanol–water partition coefficient (Wildman–Crippen LogP) is 1.72. The lowest BCUT2D eigenvalue weighted by molar-refractivity contribution is -0.141. The van der Waals surface area contributed by atoms with Gasteiger partial charge in [-0.2, -0.15) is 0 Å². The van der Waals surface area contributed by atoms with Crippen LogP contribution in [-0.2, 0) is 9.53 Å². The summed E-state index contributed by atoms with van der Waals surface area (Å²) in [5, 5.41) is 11.6. The summed E-state index contributed by atoms with van der Waals surface area (Å²) in [6.07, 6.45) is 0. The summed E-state index contributed by atoms with van der Waals surface area (Å²) in [7, 11) is 1.23. The second-order valence-corrected chi connectivity index (χ2v) is 4.37. The molecule has 0 fully saturated rings. The van der Waals surface area contributed by atoms with E-state index in [1.165, 1.54) is 24.1 Å². The molecule has 0 radical (unpaired) electrons. The fourth-order valence-corrected chi connectivity index (χ4v) is 1.69. The monoisotopic (exact) mass is 294 g/mol. The maximum Gasteiger partial charge on any atom is 0.337 e. The summed E-state index contributed by atoms with van der Waals surface area (Å²) in [5.41, 5.74) is 0.950. The van der Waals surface area contributed by atoms with Gasteiger partial charge in [-0.1, -0.05) is 11.6 Å². The number of ether oxygens (including phenoxy) is 1. The highest BCUT2D eigenvalue weighted by Crippen LogP contribution is 2.18. The van der Waals surface area contributed by atoms with E-state index in [1.54, 1.807) is 19.9 Å². The average Bonchev–Trinajstić information content (AvgIpc) is 2.45. The highest BCUT2D eigenvalue weighted by Gasteiger charge is 2.18. The van der Waals surface area contributed by atoms with Crippen LogP contribution in [0.5, 0.6) is 0 Å². The Labute approximate surface area is 122 Å². The molecular formula is C14H18N2O5. The Morgan fingerprint density at radius 3 is 2.52 bits per heavy atom. The van der Waals surface area contributed by atoms with Crippen LogP contribution >= 0.6 is 0 Å². The summed E-state index contributed by atoms with van der Waals surface area (Å²) >= 11 is 0. The molecule has 7 heteroatoms. The van der Waals surface area contributed by atoms with Crippen LogP contribution in [-0.4, -0.2) is 48.2 Å². The number of urea groups is 1. The third-order valence-corrected chi connectivity index (χ3v) is 2.86. The number of anilines is 1. The number of rotatable bonds is 5. The van der Waals surface area contributed by atoms with Crippen molar-refractivity contribution in [2.24, 2.45) is 0 Å². The zero-order chi connectivity index (χ0) is 16.0. The van der Waals surface area contributed by atoms with Gasteiger partial charge in [0, 0.05) is 6.54 Å². The molecule has 0 atom stereocenters. The van der Waals surface area contributed by atoms with E-state index in [2.05, 4.69) is 10.1 Å². The van der Waals surface area contributed by atoms with Gasteiger partial charge in [0.1, 0.15) is 6.54 Å². The van der Waals surface area contributed by atoms with Gasteiger partial charge < -0.3 is 20.1 Å². The zero-order valence-electron chi connectivity index (χ0n) is 12.2. The van der Waals surface area contributed by atoms with E-state index in [0.29, 0.717) is 0 Å². The molecule has 0 saturated carbocycles. The van der Waals surface area contributed by atoms with Crippen LogP contribution in [0.4, 0.5) is 10.5 Å².